The van der Waals surface area contributed by atoms with E-state index in [1.165, 1.54) is 0 Å². The van der Waals surface area contributed by atoms with Gasteiger partial charge in [0.05, 0.1) is 12.6 Å². The summed E-state index contributed by atoms with van der Waals surface area (Å²) in [7, 11) is 1.61. The van der Waals surface area contributed by atoms with Gasteiger partial charge in [0.1, 0.15) is 23.4 Å². The minimum absolute atomic E-state index is 0.0183. The monoisotopic (exact) mass is 332 g/mol. The molecule has 0 spiro atoms. The van der Waals surface area contributed by atoms with Gasteiger partial charge < -0.3 is 24.4 Å². The number of rotatable bonds is 5. The Hall–Kier alpha value is -2.28. The zero-order valence-electron chi connectivity index (χ0n) is 14.1. The van der Waals surface area contributed by atoms with Gasteiger partial charge in [-0.1, -0.05) is 0 Å². The number of urea groups is 1. The van der Waals surface area contributed by atoms with Crippen molar-refractivity contribution in [1.82, 2.24) is 20.2 Å². The maximum atomic E-state index is 12.8. The second-order valence-electron chi connectivity index (χ2n) is 6.09. The largest absolute Gasteiger partial charge is 0.464 e. The number of ether oxygens (including phenoxy) is 1. The molecule has 1 aliphatic heterocycles. The highest BCUT2D eigenvalue weighted by molar-refractivity contribution is 5.75. The van der Waals surface area contributed by atoms with Crippen LogP contribution in [-0.4, -0.2) is 41.2 Å². The Morgan fingerprint density at radius 3 is 3.08 bits per heavy atom. The van der Waals surface area contributed by atoms with Crippen LogP contribution < -0.4 is 5.32 Å². The summed E-state index contributed by atoms with van der Waals surface area (Å²) in [4.78, 5) is 22.2. The number of aromatic nitrogens is 2. The highest BCUT2D eigenvalue weighted by Gasteiger charge is 2.31. The molecule has 0 radical (unpaired) electrons. The molecule has 7 nitrogen and oxygen atoms in total. The van der Waals surface area contributed by atoms with Crippen LogP contribution in [0.15, 0.2) is 28.9 Å². The van der Waals surface area contributed by atoms with Crippen LogP contribution >= 0.6 is 0 Å². The van der Waals surface area contributed by atoms with E-state index in [0.717, 1.165) is 30.8 Å². The first-order valence-corrected chi connectivity index (χ1v) is 8.30. The number of carbonyl (C=O) groups excluding carboxylic acids is 1. The number of aromatic amines is 1. The first kappa shape index (κ1) is 16.6. The molecule has 0 aromatic carbocycles. The van der Waals surface area contributed by atoms with Crippen LogP contribution in [0.25, 0.3) is 0 Å². The van der Waals surface area contributed by atoms with Gasteiger partial charge in [-0.25, -0.2) is 9.78 Å². The summed E-state index contributed by atoms with van der Waals surface area (Å²) < 4.78 is 10.9. The lowest BCUT2D eigenvalue weighted by Gasteiger charge is -2.35. The second kappa shape index (κ2) is 7.53. The van der Waals surface area contributed by atoms with Crippen LogP contribution in [0, 0.1) is 6.92 Å². The molecule has 1 fully saturated rings. The third-order valence-electron chi connectivity index (χ3n) is 4.33. The number of furan rings is 1. The van der Waals surface area contributed by atoms with E-state index in [4.69, 9.17) is 9.15 Å². The molecular weight excluding hydrogens is 308 g/mol. The lowest BCUT2D eigenvalue weighted by atomic mass is 10.0. The van der Waals surface area contributed by atoms with E-state index in [1.807, 2.05) is 24.0 Å². The van der Waals surface area contributed by atoms with Gasteiger partial charge >= 0.3 is 6.03 Å². The molecule has 0 aliphatic carbocycles. The third-order valence-corrected chi connectivity index (χ3v) is 4.33. The number of hydrogen-bond acceptors (Lipinski definition) is 4. The molecule has 3 rings (SSSR count). The summed E-state index contributed by atoms with van der Waals surface area (Å²) in [6, 6.07) is 3.31. The fraction of sp³-hybridized carbons (Fsp3) is 0.529. The summed E-state index contributed by atoms with van der Waals surface area (Å²) in [5.41, 5.74) is 0. The number of methoxy groups -OCH3 is 1. The van der Waals surface area contributed by atoms with E-state index in [9.17, 15) is 4.79 Å². The summed E-state index contributed by atoms with van der Waals surface area (Å²) >= 11 is 0. The van der Waals surface area contributed by atoms with Crippen molar-refractivity contribution in [1.29, 1.82) is 0 Å². The van der Waals surface area contributed by atoms with Gasteiger partial charge in [0.15, 0.2) is 0 Å². The van der Waals surface area contributed by atoms with Gasteiger partial charge in [-0.05, 0) is 38.3 Å². The number of imidazole rings is 1. The number of H-pyrrole nitrogens is 1. The molecule has 24 heavy (non-hydrogen) atoms. The number of hydrogen-bond donors (Lipinski definition) is 2. The molecule has 2 aromatic rings. The number of carbonyl (C=O) groups is 1. The van der Waals surface area contributed by atoms with Crippen molar-refractivity contribution in [3.05, 3.63) is 41.9 Å². The molecular formula is C17H24N4O3. The maximum absolute atomic E-state index is 12.8. The molecule has 7 heteroatoms. The predicted octanol–water partition coefficient (Wildman–Crippen LogP) is 2.94. The van der Waals surface area contributed by atoms with Crippen molar-refractivity contribution in [2.24, 2.45) is 0 Å². The molecule has 2 amide bonds. The van der Waals surface area contributed by atoms with E-state index in [1.54, 1.807) is 19.5 Å². The van der Waals surface area contributed by atoms with Gasteiger partial charge in [0, 0.05) is 26.0 Å². The van der Waals surface area contributed by atoms with E-state index in [-0.39, 0.29) is 18.1 Å². The van der Waals surface area contributed by atoms with Gasteiger partial charge in [-0.3, -0.25) is 0 Å². The Labute approximate surface area is 141 Å². The van der Waals surface area contributed by atoms with E-state index >= 15 is 0 Å². The second-order valence-corrected chi connectivity index (χ2v) is 6.09. The molecule has 2 atom stereocenters. The van der Waals surface area contributed by atoms with Crippen LogP contribution in [0.4, 0.5) is 4.79 Å². The summed E-state index contributed by atoms with van der Waals surface area (Å²) in [6.07, 6.45) is 6.52. The lowest BCUT2D eigenvalue weighted by Crippen LogP contribution is -2.46. The molecule has 1 aliphatic rings. The third kappa shape index (κ3) is 3.62. The smallest absolute Gasteiger partial charge is 0.318 e. The zero-order valence-corrected chi connectivity index (χ0v) is 14.1. The average Bonchev–Trinajstić information content (AvgIpc) is 3.26. The molecule has 0 bridgehead atoms. The number of aryl methyl sites for hydroxylation is 1. The molecule has 3 heterocycles. The predicted molar refractivity (Wildman–Crippen MR) is 88.5 cm³/mol. The lowest BCUT2D eigenvalue weighted by molar-refractivity contribution is 0.125. The minimum atomic E-state index is -0.310. The fourth-order valence-corrected chi connectivity index (χ4v) is 3.15. The Morgan fingerprint density at radius 1 is 1.54 bits per heavy atom. The van der Waals surface area contributed by atoms with E-state index in [2.05, 4.69) is 15.3 Å². The number of nitrogens with one attached hydrogen (secondary N) is 2. The summed E-state index contributed by atoms with van der Waals surface area (Å²) in [5.74, 6) is 2.35. The van der Waals surface area contributed by atoms with Crippen molar-refractivity contribution in [2.45, 2.75) is 38.3 Å². The Balaban J connectivity index is 1.73. The van der Waals surface area contributed by atoms with Crippen molar-refractivity contribution >= 4 is 6.03 Å². The highest BCUT2D eigenvalue weighted by Crippen LogP contribution is 2.29. The normalized spacial score (nSPS) is 19.2. The fourth-order valence-electron chi connectivity index (χ4n) is 3.15. The number of amides is 2. The average molecular weight is 332 g/mol. The minimum Gasteiger partial charge on any atom is -0.464 e. The Bertz CT molecular complexity index is 653. The quantitative estimate of drug-likeness (QED) is 0.882. The topological polar surface area (TPSA) is 83.4 Å². The van der Waals surface area contributed by atoms with Crippen molar-refractivity contribution in [2.75, 3.05) is 20.3 Å². The Kier molecular flexibility index (Phi) is 5.20. The summed E-state index contributed by atoms with van der Waals surface area (Å²) in [5, 5.41) is 3.04. The van der Waals surface area contributed by atoms with Gasteiger partial charge in [-0.2, -0.15) is 0 Å². The summed E-state index contributed by atoms with van der Waals surface area (Å²) in [6.45, 7) is 2.96. The van der Waals surface area contributed by atoms with E-state index < -0.39 is 0 Å². The molecule has 2 aromatic heterocycles. The van der Waals surface area contributed by atoms with Crippen molar-refractivity contribution in [3.63, 3.8) is 0 Å². The molecule has 130 valence electrons. The first-order valence-electron chi connectivity index (χ1n) is 8.30. The molecule has 2 N–H and O–H groups in total. The molecule has 1 saturated heterocycles. The standard InChI is InChI=1S/C17H24N4O3/c1-12-6-7-15(24-12)13(11-23-2)20-17(22)21-10-4-3-5-14(21)16-18-8-9-19-16/h6-9,13-14H,3-5,10-11H2,1-2H3,(H,18,19)(H,20,22)/t13-,14+/m1/s1. The van der Waals surface area contributed by atoms with Gasteiger partial charge in [-0.15, -0.1) is 0 Å². The SMILES string of the molecule is COC[C@@H](NC(=O)N1CCCC[C@H]1c1ncc[nH]1)c1ccc(C)o1. The van der Waals surface area contributed by atoms with E-state index in [0.29, 0.717) is 18.9 Å². The van der Waals surface area contributed by atoms with Crippen LogP contribution in [0.5, 0.6) is 0 Å². The Morgan fingerprint density at radius 2 is 2.42 bits per heavy atom. The number of likely N-dealkylation sites (tertiary alicyclic amines) is 1. The first-order chi connectivity index (χ1) is 11.7. The van der Waals surface area contributed by atoms with Gasteiger partial charge in [0.2, 0.25) is 0 Å². The maximum Gasteiger partial charge on any atom is 0.318 e. The highest BCUT2D eigenvalue weighted by atomic mass is 16.5. The zero-order chi connectivity index (χ0) is 16.9. The molecule has 0 saturated carbocycles. The number of nitrogens with zero attached hydrogens (tertiary/aromatic N) is 2. The number of piperidine rings is 1. The van der Waals surface area contributed by atoms with Crippen LogP contribution in [0.1, 0.15) is 48.7 Å². The van der Waals surface area contributed by atoms with Crippen LogP contribution in [0.2, 0.25) is 0 Å². The van der Waals surface area contributed by atoms with Crippen LogP contribution in [-0.2, 0) is 4.74 Å². The van der Waals surface area contributed by atoms with Crippen LogP contribution in [0.3, 0.4) is 0 Å². The van der Waals surface area contributed by atoms with Gasteiger partial charge in [0.25, 0.3) is 0 Å². The molecule has 0 unspecified atom stereocenters. The van der Waals surface area contributed by atoms with Crippen molar-refractivity contribution in [3.8, 4) is 0 Å². The van der Waals surface area contributed by atoms with Crippen molar-refractivity contribution < 1.29 is 13.9 Å².